The van der Waals surface area contributed by atoms with E-state index in [1.54, 1.807) is 12.4 Å². The lowest BCUT2D eigenvalue weighted by molar-refractivity contribution is 0.0993. The molecule has 0 amide bonds. The number of fused-ring (bicyclic) bond motifs is 1. The smallest absolute Gasteiger partial charge is 0.171 e. The van der Waals surface area contributed by atoms with Gasteiger partial charge in [-0.05, 0) is 33.6 Å². The number of ketones is 1. The van der Waals surface area contributed by atoms with Crippen molar-refractivity contribution in [3.8, 4) is 0 Å². The van der Waals surface area contributed by atoms with Crippen LogP contribution in [0, 0.1) is 0 Å². The van der Waals surface area contributed by atoms with Gasteiger partial charge in [0.05, 0.1) is 5.56 Å². The molecule has 0 saturated heterocycles. The Labute approximate surface area is 118 Å². The van der Waals surface area contributed by atoms with Gasteiger partial charge in [-0.1, -0.05) is 18.2 Å². The Morgan fingerprint density at radius 1 is 1.26 bits per heavy atom. The van der Waals surface area contributed by atoms with Crippen molar-refractivity contribution in [2.45, 2.75) is 6.42 Å². The molecule has 0 spiro atoms. The lowest BCUT2D eigenvalue weighted by Gasteiger charge is -2.00. The average Bonchev–Trinajstić information content (AvgIpc) is 2.82. The molecule has 3 rings (SSSR count). The van der Waals surface area contributed by atoms with E-state index in [4.69, 9.17) is 4.42 Å². The van der Waals surface area contributed by atoms with E-state index in [-0.39, 0.29) is 5.78 Å². The number of nitrogens with zero attached hydrogens (tertiary/aromatic N) is 1. The van der Waals surface area contributed by atoms with Gasteiger partial charge in [0.15, 0.2) is 5.78 Å². The predicted molar refractivity (Wildman–Crippen MR) is 76.2 cm³/mol. The fourth-order valence-electron chi connectivity index (χ4n) is 2.03. The number of aromatic nitrogens is 1. The number of rotatable bonds is 3. The molecule has 0 fully saturated rings. The van der Waals surface area contributed by atoms with Crippen molar-refractivity contribution < 1.29 is 9.21 Å². The van der Waals surface area contributed by atoms with Crippen LogP contribution < -0.4 is 0 Å². The molecule has 3 nitrogen and oxygen atoms in total. The minimum Gasteiger partial charge on any atom is -0.464 e. The molecule has 0 unspecified atom stereocenters. The van der Waals surface area contributed by atoms with E-state index in [0.29, 0.717) is 12.0 Å². The second-order valence-corrected chi connectivity index (χ2v) is 5.17. The van der Waals surface area contributed by atoms with Crippen molar-refractivity contribution in [2.24, 2.45) is 0 Å². The number of carbonyl (C=O) groups excluding carboxylic acids is 1. The maximum Gasteiger partial charge on any atom is 0.171 e. The van der Waals surface area contributed by atoms with Crippen LogP contribution in [0.1, 0.15) is 15.9 Å². The highest BCUT2D eigenvalue weighted by atomic mass is 79.9. The van der Waals surface area contributed by atoms with Crippen LogP contribution in [-0.2, 0) is 6.42 Å². The van der Waals surface area contributed by atoms with Crippen LogP contribution in [0.5, 0.6) is 0 Å². The molecule has 0 aliphatic rings. The van der Waals surface area contributed by atoms with Gasteiger partial charge in [0.2, 0.25) is 0 Å². The van der Waals surface area contributed by atoms with Gasteiger partial charge in [-0.25, -0.2) is 0 Å². The zero-order chi connectivity index (χ0) is 13.2. The first-order chi connectivity index (χ1) is 9.24. The number of halogens is 1. The molecule has 0 atom stereocenters. The van der Waals surface area contributed by atoms with Crippen LogP contribution in [0.4, 0.5) is 0 Å². The third kappa shape index (κ3) is 2.44. The molecule has 1 aromatic carbocycles. The molecule has 2 aromatic heterocycles. The van der Waals surface area contributed by atoms with E-state index in [0.717, 1.165) is 21.0 Å². The summed E-state index contributed by atoms with van der Waals surface area (Å²) in [4.78, 5) is 16.4. The lowest BCUT2D eigenvalue weighted by atomic mass is 10.0. The van der Waals surface area contributed by atoms with Gasteiger partial charge in [0.1, 0.15) is 11.8 Å². The highest BCUT2D eigenvalue weighted by Crippen LogP contribution is 2.22. The highest BCUT2D eigenvalue weighted by Gasteiger charge is 2.14. The van der Waals surface area contributed by atoms with Gasteiger partial charge < -0.3 is 4.42 Å². The topological polar surface area (TPSA) is 43.1 Å². The van der Waals surface area contributed by atoms with Gasteiger partial charge in [-0.15, -0.1) is 0 Å². The molecule has 3 aromatic rings. The molecule has 0 saturated carbocycles. The number of Topliss-reactive ketones (excluding diaryl/α,β-unsaturated/α-hetero) is 1. The number of pyridine rings is 1. The number of hydrogen-bond donors (Lipinski definition) is 0. The van der Waals surface area contributed by atoms with Crippen LogP contribution in [-0.4, -0.2) is 10.8 Å². The second kappa shape index (κ2) is 4.97. The van der Waals surface area contributed by atoms with Crippen molar-refractivity contribution in [2.75, 3.05) is 0 Å². The summed E-state index contributed by atoms with van der Waals surface area (Å²) in [5.74, 6) is 0.0323. The van der Waals surface area contributed by atoms with Crippen LogP contribution in [0.2, 0.25) is 0 Å². The number of furan rings is 1. The molecule has 0 bridgehead atoms. The molecular weight excluding hydrogens is 306 g/mol. The van der Waals surface area contributed by atoms with Crippen LogP contribution >= 0.6 is 15.9 Å². The SMILES string of the molecule is O=C(Cc1cncc(Br)c1)c1coc2ccccc12. The van der Waals surface area contributed by atoms with Gasteiger partial charge in [0.25, 0.3) is 0 Å². The normalized spacial score (nSPS) is 10.8. The number of para-hydroxylation sites is 1. The first-order valence-electron chi connectivity index (χ1n) is 5.83. The Morgan fingerprint density at radius 2 is 2.11 bits per heavy atom. The van der Waals surface area contributed by atoms with Crippen molar-refractivity contribution in [1.29, 1.82) is 0 Å². The Kier molecular flexibility index (Phi) is 3.17. The Bertz CT molecular complexity index is 748. The third-order valence-electron chi connectivity index (χ3n) is 2.91. The molecule has 19 heavy (non-hydrogen) atoms. The van der Waals surface area contributed by atoms with E-state index >= 15 is 0 Å². The summed E-state index contributed by atoms with van der Waals surface area (Å²) < 4.78 is 6.26. The van der Waals surface area contributed by atoms with Crippen LogP contribution in [0.25, 0.3) is 11.0 Å². The first-order valence-corrected chi connectivity index (χ1v) is 6.62. The summed E-state index contributed by atoms with van der Waals surface area (Å²) in [6, 6.07) is 9.43. The first kappa shape index (κ1) is 12.1. The standard InChI is InChI=1S/C15H10BrNO2/c16-11-5-10(7-17-8-11)6-14(18)13-9-19-15-4-2-1-3-12(13)15/h1-5,7-9H,6H2. The van der Waals surface area contributed by atoms with E-state index < -0.39 is 0 Å². The van der Waals surface area contributed by atoms with Gasteiger partial charge in [-0.2, -0.15) is 0 Å². The van der Waals surface area contributed by atoms with Crippen LogP contribution in [0.15, 0.2) is 57.9 Å². The monoisotopic (exact) mass is 315 g/mol. The molecular formula is C15H10BrNO2. The van der Waals surface area contributed by atoms with Crippen molar-refractivity contribution in [3.05, 3.63) is 64.6 Å². The van der Waals surface area contributed by atoms with Crippen molar-refractivity contribution in [1.82, 2.24) is 4.98 Å². The van der Waals surface area contributed by atoms with Gasteiger partial charge in [0, 0.05) is 28.7 Å². The molecule has 4 heteroatoms. The highest BCUT2D eigenvalue weighted by molar-refractivity contribution is 9.10. The summed E-state index contributed by atoms with van der Waals surface area (Å²) >= 11 is 3.35. The average molecular weight is 316 g/mol. The summed E-state index contributed by atoms with van der Waals surface area (Å²) in [5, 5.41) is 0.857. The fourth-order valence-corrected chi connectivity index (χ4v) is 2.44. The van der Waals surface area contributed by atoms with E-state index in [1.807, 2.05) is 30.3 Å². The van der Waals surface area contributed by atoms with Crippen molar-refractivity contribution in [3.63, 3.8) is 0 Å². The minimum absolute atomic E-state index is 0.0323. The zero-order valence-electron chi connectivity index (χ0n) is 9.97. The van der Waals surface area contributed by atoms with E-state index in [2.05, 4.69) is 20.9 Å². The second-order valence-electron chi connectivity index (χ2n) is 4.26. The Morgan fingerprint density at radius 3 is 2.95 bits per heavy atom. The van der Waals surface area contributed by atoms with E-state index in [1.165, 1.54) is 6.26 Å². The summed E-state index contributed by atoms with van der Waals surface area (Å²) in [6.07, 6.45) is 5.24. The third-order valence-corrected chi connectivity index (χ3v) is 3.34. The maximum absolute atomic E-state index is 12.3. The molecule has 2 heterocycles. The Balaban J connectivity index is 1.92. The number of benzene rings is 1. The zero-order valence-corrected chi connectivity index (χ0v) is 11.6. The van der Waals surface area contributed by atoms with Crippen molar-refractivity contribution >= 4 is 32.7 Å². The van der Waals surface area contributed by atoms with E-state index in [9.17, 15) is 4.79 Å². The van der Waals surface area contributed by atoms with Gasteiger partial charge in [-0.3, -0.25) is 9.78 Å². The van der Waals surface area contributed by atoms with Gasteiger partial charge >= 0.3 is 0 Å². The maximum atomic E-state index is 12.3. The molecule has 94 valence electrons. The molecule has 0 aliphatic carbocycles. The predicted octanol–water partition coefficient (Wildman–Crippen LogP) is 4.02. The molecule has 0 aliphatic heterocycles. The summed E-state index contributed by atoms with van der Waals surface area (Å²) in [6.45, 7) is 0. The minimum atomic E-state index is 0.0323. The quantitative estimate of drug-likeness (QED) is 0.686. The summed E-state index contributed by atoms with van der Waals surface area (Å²) in [5.41, 5.74) is 2.23. The largest absolute Gasteiger partial charge is 0.464 e. The Hall–Kier alpha value is -1.94. The number of carbonyl (C=O) groups is 1. The lowest BCUT2D eigenvalue weighted by Crippen LogP contribution is -2.03. The fraction of sp³-hybridized carbons (Fsp3) is 0.0667. The summed E-state index contributed by atoms with van der Waals surface area (Å²) in [7, 11) is 0. The molecule has 0 radical (unpaired) electrons. The molecule has 0 N–H and O–H groups in total. The number of hydrogen-bond acceptors (Lipinski definition) is 3. The van der Waals surface area contributed by atoms with Crippen LogP contribution in [0.3, 0.4) is 0 Å².